The molecule has 0 fully saturated rings. The van der Waals surface area contributed by atoms with Crippen LogP contribution in [0.25, 0.3) is 0 Å². The van der Waals surface area contributed by atoms with Crippen molar-refractivity contribution < 1.29 is 23.9 Å². The summed E-state index contributed by atoms with van der Waals surface area (Å²) in [5.74, 6) is -1.77. The Labute approximate surface area is 156 Å². The number of anilines is 2. The molecule has 0 bridgehead atoms. The van der Waals surface area contributed by atoms with Gasteiger partial charge < -0.3 is 21.1 Å². The first-order valence-electron chi connectivity index (χ1n) is 7.35. The van der Waals surface area contributed by atoms with Crippen LogP contribution in [0.3, 0.4) is 0 Å². The van der Waals surface area contributed by atoms with E-state index in [1.807, 2.05) is 0 Å². The lowest BCUT2D eigenvalue weighted by atomic mass is 10.2. The van der Waals surface area contributed by atoms with Crippen molar-refractivity contribution in [1.82, 2.24) is 0 Å². The number of amides is 3. The molecule has 1 aliphatic rings. The van der Waals surface area contributed by atoms with E-state index in [0.717, 1.165) is 16.2 Å². The summed E-state index contributed by atoms with van der Waals surface area (Å²) in [6, 6.07) is 6.27. The van der Waals surface area contributed by atoms with Crippen LogP contribution in [0.2, 0.25) is 0 Å². The fraction of sp³-hybridized carbons (Fsp3) is 0.125. The second kappa shape index (κ2) is 7.58. The normalized spacial score (nSPS) is 12.7. The van der Waals surface area contributed by atoms with Crippen molar-refractivity contribution in [2.75, 3.05) is 23.0 Å². The Kier molecular flexibility index (Phi) is 5.24. The molecular weight excluding hydrogens is 378 g/mol. The van der Waals surface area contributed by atoms with Crippen molar-refractivity contribution in [2.24, 2.45) is 5.73 Å². The van der Waals surface area contributed by atoms with Crippen molar-refractivity contribution in [3.8, 4) is 0 Å². The van der Waals surface area contributed by atoms with E-state index in [9.17, 15) is 19.2 Å². The summed E-state index contributed by atoms with van der Waals surface area (Å²) < 4.78 is 4.97. The van der Waals surface area contributed by atoms with Gasteiger partial charge in [0.1, 0.15) is 5.00 Å². The molecule has 2 aromatic rings. The zero-order chi connectivity index (χ0) is 18.7. The number of nitrogens with one attached hydrogen (secondary N) is 2. The van der Waals surface area contributed by atoms with Crippen LogP contribution in [0, 0.1) is 0 Å². The molecule has 2 heterocycles. The molecule has 0 radical (unpaired) electrons. The molecule has 10 heteroatoms. The topological polar surface area (TPSA) is 128 Å². The summed E-state index contributed by atoms with van der Waals surface area (Å²) in [5, 5.41) is 7.06. The molecule has 0 aliphatic carbocycles. The number of ether oxygens (including phenoxy) is 1. The van der Waals surface area contributed by atoms with Crippen molar-refractivity contribution >= 4 is 57.5 Å². The summed E-state index contributed by atoms with van der Waals surface area (Å²) in [7, 11) is 0. The van der Waals surface area contributed by atoms with Gasteiger partial charge in [0, 0.05) is 4.90 Å². The van der Waals surface area contributed by atoms with Gasteiger partial charge in [0.05, 0.1) is 22.6 Å². The van der Waals surface area contributed by atoms with Crippen LogP contribution >= 0.6 is 23.1 Å². The lowest BCUT2D eigenvalue weighted by Gasteiger charge is -2.16. The third kappa shape index (κ3) is 4.03. The predicted octanol–water partition coefficient (Wildman–Crippen LogP) is 1.69. The van der Waals surface area contributed by atoms with E-state index in [0.29, 0.717) is 16.4 Å². The lowest BCUT2D eigenvalue weighted by Crippen LogP contribution is -2.22. The molecule has 3 rings (SSSR count). The maximum Gasteiger partial charge on any atom is 0.338 e. The third-order valence-electron chi connectivity index (χ3n) is 3.37. The molecule has 0 unspecified atom stereocenters. The van der Waals surface area contributed by atoms with Crippen LogP contribution in [0.4, 0.5) is 10.7 Å². The molecule has 8 nitrogen and oxygen atoms in total. The lowest BCUT2D eigenvalue weighted by molar-refractivity contribution is -0.119. The van der Waals surface area contributed by atoms with Crippen LogP contribution < -0.4 is 16.4 Å². The van der Waals surface area contributed by atoms with Crippen molar-refractivity contribution in [3.05, 3.63) is 40.8 Å². The number of hydrogen-bond acceptors (Lipinski definition) is 7. The fourth-order valence-corrected chi connectivity index (χ4v) is 3.78. The molecule has 0 saturated carbocycles. The number of carbonyl (C=O) groups excluding carboxylic acids is 4. The standard InChI is InChI=1S/C16H13N3O5S2/c17-14(22)9-3-4-25-15(9)19-12(20)6-24-16(23)8-1-2-11-10(5-8)18-13(21)7-26-11/h1-5H,6-7H2,(H2,17,22)(H,18,21)(H,19,20). The minimum absolute atomic E-state index is 0.145. The van der Waals surface area contributed by atoms with E-state index in [4.69, 9.17) is 10.5 Å². The van der Waals surface area contributed by atoms with Crippen molar-refractivity contribution in [3.63, 3.8) is 0 Å². The Morgan fingerprint density at radius 1 is 1.27 bits per heavy atom. The van der Waals surface area contributed by atoms with Gasteiger partial charge in [-0.3, -0.25) is 14.4 Å². The SMILES string of the molecule is NC(=O)c1ccsc1NC(=O)COC(=O)c1ccc2c(c1)NC(=O)CS2. The summed E-state index contributed by atoms with van der Waals surface area (Å²) in [6.07, 6.45) is 0. The highest BCUT2D eigenvalue weighted by molar-refractivity contribution is 8.00. The number of benzene rings is 1. The largest absolute Gasteiger partial charge is 0.452 e. The Morgan fingerprint density at radius 2 is 2.08 bits per heavy atom. The number of nitrogens with two attached hydrogens (primary N) is 1. The second-order valence-electron chi connectivity index (χ2n) is 5.20. The zero-order valence-electron chi connectivity index (χ0n) is 13.2. The van der Waals surface area contributed by atoms with Crippen molar-refractivity contribution in [1.29, 1.82) is 0 Å². The monoisotopic (exact) mass is 391 g/mol. The van der Waals surface area contributed by atoms with E-state index < -0.39 is 24.4 Å². The smallest absolute Gasteiger partial charge is 0.338 e. The number of carbonyl (C=O) groups is 4. The molecule has 3 amide bonds. The van der Waals surface area contributed by atoms with E-state index >= 15 is 0 Å². The van der Waals surface area contributed by atoms with Gasteiger partial charge in [-0.1, -0.05) is 0 Å². The third-order valence-corrected chi connectivity index (χ3v) is 5.27. The molecule has 1 aromatic carbocycles. The van der Waals surface area contributed by atoms with Crippen LogP contribution in [0.1, 0.15) is 20.7 Å². The van der Waals surface area contributed by atoms with E-state index in [1.165, 1.54) is 23.9 Å². The number of esters is 1. The maximum atomic E-state index is 12.1. The second-order valence-corrected chi connectivity index (χ2v) is 7.13. The van der Waals surface area contributed by atoms with E-state index in [1.54, 1.807) is 17.5 Å². The summed E-state index contributed by atoms with van der Waals surface area (Å²) in [4.78, 5) is 47.5. The number of hydrogen-bond donors (Lipinski definition) is 3. The highest BCUT2D eigenvalue weighted by Crippen LogP contribution is 2.32. The van der Waals surface area contributed by atoms with E-state index in [-0.39, 0.29) is 17.0 Å². The molecule has 0 spiro atoms. The quantitative estimate of drug-likeness (QED) is 0.666. The molecule has 0 saturated heterocycles. The van der Waals surface area contributed by atoms with Crippen LogP contribution in [-0.2, 0) is 14.3 Å². The molecule has 4 N–H and O–H groups in total. The first-order chi connectivity index (χ1) is 12.4. The van der Waals surface area contributed by atoms with Gasteiger partial charge in [0.25, 0.3) is 11.8 Å². The molecular formula is C16H13N3O5S2. The first-order valence-corrected chi connectivity index (χ1v) is 9.21. The molecule has 0 atom stereocenters. The number of rotatable bonds is 5. The molecule has 1 aliphatic heterocycles. The van der Waals surface area contributed by atoms with Gasteiger partial charge in [-0.2, -0.15) is 0 Å². The summed E-state index contributed by atoms with van der Waals surface area (Å²) >= 11 is 2.51. The number of primary amides is 1. The number of thioether (sulfide) groups is 1. The molecule has 134 valence electrons. The maximum absolute atomic E-state index is 12.1. The average Bonchev–Trinajstić information content (AvgIpc) is 3.07. The van der Waals surface area contributed by atoms with Gasteiger partial charge in [0.2, 0.25) is 5.91 Å². The van der Waals surface area contributed by atoms with Crippen LogP contribution in [0.5, 0.6) is 0 Å². The van der Waals surface area contributed by atoms with Crippen LogP contribution in [0.15, 0.2) is 34.5 Å². The highest BCUT2D eigenvalue weighted by Gasteiger charge is 2.19. The van der Waals surface area contributed by atoms with Gasteiger partial charge in [0.15, 0.2) is 6.61 Å². The average molecular weight is 391 g/mol. The zero-order valence-corrected chi connectivity index (χ0v) is 14.9. The number of fused-ring (bicyclic) bond motifs is 1. The van der Waals surface area contributed by atoms with Gasteiger partial charge >= 0.3 is 5.97 Å². The Bertz CT molecular complexity index is 909. The fourth-order valence-electron chi connectivity index (χ4n) is 2.19. The van der Waals surface area contributed by atoms with Gasteiger partial charge in [-0.15, -0.1) is 23.1 Å². The summed E-state index contributed by atoms with van der Waals surface area (Å²) in [5.41, 5.74) is 6.14. The number of thiophene rings is 1. The Morgan fingerprint density at radius 3 is 2.85 bits per heavy atom. The Balaban J connectivity index is 1.59. The van der Waals surface area contributed by atoms with Crippen LogP contribution in [-0.4, -0.2) is 36.1 Å². The van der Waals surface area contributed by atoms with Gasteiger partial charge in [-0.05, 0) is 29.6 Å². The van der Waals surface area contributed by atoms with Crippen molar-refractivity contribution in [2.45, 2.75) is 4.90 Å². The molecule has 1 aromatic heterocycles. The first kappa shape index (κ1) is 18.0. The minimum Gasteiger partial charge on any atom is -0.452 e. The predicted molar refractivity (Wildman–Crippen MR) is 97.5 cm³/mol. The summed E-state index contributed by atoms with van der Waals surface area (Å²) in [6.45, 7) is -0.521. The van der Waals surface area contributed by atoms with E-state index in [2.05, 4.69) is 10.6 Å². The Hall–Kier alpha value is -2.85. The minimum atomic E-state index is -0.700. The highest BCUT2D eigenvalue weighted by atomic mass is 32.2. The molecule has 26 heavy (non-hydrogen) atoms. The van der Waals surface area contributed by atoms with Gasteiger partial charge in [-0.25, -0.2) is 4.79 Å².